The molecular weight excluding hydrogens is 612 g/mol. The summed E-state index contributed by atoms with van der Waals surface area (Å²) in [7, 11) is 1.08. The van der Waals surface area contributed by atoms with Gasteiger partial charge in [-0.15, -0.1) is 33.7 Å². The molecule has 0 bridgehead atoms. The Hall–Kier alpha value is -2.41. The Labute approximate surface area is 282 Å². The van der Waals surface area contributed by atoms with E-state index in [0.717, 1.165) is 22.4 Å². The molecule has 1 atom stereocenters. The average molecular weight is 659 g/mol. The van der Waals surface area contributed by atoms with Crippen molar-refractivity contribution < 1.29 is 26.2 Å². The van der Waals surface area contributed by atoms with Crippen molar-refractivity contribution in [1.82, 2.24) is 0 Å². The summed E-state index contributed by atoms with van der Waals surface area (Å²) in [6.07, 6.45) is 4.79. The Morgan fingerprint density at radius 3 is 2.07 bits per heavy atom. The van der Waals surface area contributed by atoms with Crippen LogP contribution in [0.3, 0.4) is 0 Å². The van der Waals surface area contributed by atoms with E-state index in [2.05, 4.69) is 153 Å². The molecule has 0 amide bonds. The number of benzene rings is 4. The zero-order chi connectivity index (χ0) is 30.2. The number of hydrogen-bond acceptors (Lipinski definition) is 0. The molecular formula is C41H47SiZr-. The molecule has 220 valence electrons. The zero-order valence-electron chi connectivity index (χ0n) is 27.7. The second-order valence-corrected chi connectivity index (χ2v) is 15.0. The number of rotatable bonds is 4. The van der Waals surface area contributed by atoms with Crippen LogP contribution in [0.5, 0.6) is 0 Å². The average Bonchev–Trinajstić information content (AvgIpc) is 3.50. The normalized spacial score (nSPS) is 14.6. The molecule has 1 unspecified atom stereocenters. The van der Waals surface area contributed by atoms with Crippen LogP contribution in [0.25, 0.3) is 38.7 Å². The SMILES string of the molecule is CCCC1=Cc2c(-c3ccccc3)cccc2C1c1c(C(C)(C)C)ccc2c1[cH-]c1cc(C(C)(C)C)ccc12.C[Si]C.[Zr]. The molecule has 0 saturated heterocycles. The van der Waals surface area contributed by atoms with Gasteiger partial charge >= 0.3 is 0 Å². The van der Waals surface area contributed by atoms with Gasteiger partial charge < -0.3 is 0 Å². The van der Waals surface area contributed by atoms with Crippen LogP contribution in [-0.4, -0.2) is 9.52 Å². The monoisotopic (exact) mass is 657 g/mol. The van der Waals surface area contributed by atoms with Gasteiger partial charge in [0.1, 0.15) is 0 Å². The van der Waals surface area contributed by atoms with Crippen molar-refractivity contribution in [2.24, 2.45) is 0 Å². The molecule has 0 aliphatic heterocycles. The first-order chi connectivity index (χ1) is 20.0. The predicted molar refractivity (Wildman–Crippen MR) is 189 cm³/mol. The van der Waals surface area contributed by atoms with Crippen LogP contribution < -0.4 is 0 Å². The van der Waals surface area contributed by atoms with Crippen LogP contribution in [-0.2, 0) is 37.0 Å². The van der Waals surface area contributed by atoms with E-state index in [1.54, 1.807) is 5.57 Å². The first-order valence-corrected chi connectivity index (χ1v) is 17.6. The van der Waals surface area contributed by atoms with Crippen molar-refractivity contribution in [2.75, 3.05) is 0 Å². The van der Waals surface area contributed by atoms with Gasteiger partial charge in [0.25, 0.3) is 0 Å². The summed E-state index contributed by atoms with van der Waals surface area (Å²) in [5, 5.41) is 5.55. The van der Waals surface area contributed by atoms with Crippen LogP contribution in [0.15, 0.2) is 90.5 Å². The first kappa shape index (κ1) is 33.5. The van der Waals surface area contributed by atoms with Crippen LogP contribution >= 0.6 is 0 Å². The Balaban J connectivity index is 0.00000102. The molecule has 6 rings (SSSR count). The maximum absolute atomic E-state index is 2.53. The van der Waals surface area contributed by atoms with Gasteiger partial charge in [0.05, 0.1) is 0 Å². The molecule has 1 aliphatic carbocycles. The zero-order valence-corrected chi connectivity index (χ0v) is 31.1. The van der Waals surface area contributed by atoms with Crippen molar-refractivity contribution in [3.05, 3.63) is 118 Å². The molecule has 0 N–H and O–H groups in total. The molecule has 0 spiro atoms. The summed E-state index contributed by atoms with van der Waals surface area (Å²) in [6.45, 7) is 20.7. The Kier molecular flexibility index (Phi) is 10.4. The molecule has 0 fully saturated rings. The fraction of sp³-hybridized carbons (Fsp3) is 0.341. The van der Waals surface area contributed by atoms with E-state index in [-0.39, 0.29) is 43.0 Å². The molecule has 5 aromatic rings. The minimum absolute atomic E-state index is 0. The van der Waals surface area contributed by atoms with Gasteiger partial charge in [-0.2, -0.15) is 0 Å². The van der Waals surface area contributed by atoms with Gasteiger partial charge in [-0.1, -0.05) is 169 Å². The number of fused-ring (bicyclic) bond motifs is 4. The molecule has 5 aromatic carbocycles. The van der Waals surface area contributed by atoms with Crippen LogP contribution in [0, 0.1) is 0 Å². The van der Waals surface area contributed by atoms with Gasteiger partial charge in [-0.3, -0.25) is 0 Å². The van der Waals surface area contributed by atoms with Gasteiger partial charge in [0.2, 0.25) is 0 Å². The minimum Gasteiger partial charge on any atom is -0.126 e. The van der Waals surface area contributed by atoms with Crippen molar-refractivity contribution >= 4 is 37.1 Å². The quantitative estimate of drug-likeness (QED) is 0.133. The summed E-state index contributed by atoms with van der Waals surface area (Å²) < 4.78 is 0. The maximum Gasteiger partial charge on any atom is 0.0307 e. The molecule has 2 heteroatoms. The number of allylic oxidation sites excluding steroid dienone is 1. The molecule has 43 heavy (non-hydrogen) atoms. The summed E-state index contributed by atoms with van der Waals surface area (Å²) >= 11 is 0. The first-order valence-electron chi connectivity index (χ1n) is 15.6. The Bertz CT molecular complexity index is 1740. The fourth-order valence-corrected chi connectivity index (χ4v) is 6.72. The van der Waals surface area contributed by atoms with Crippen LogP contribution in [0.1, 0.15) is 95.0 Å². The van der Waals surface area contributed by atoms with Crippen LogP contribution in [0.4, 0.5) is 0 Å². The van der Waals surface area contributed by atoms with E-state index >= 15 is 0 Å². The molecule has 0 aromatic heterocycles. The second kappa shape index (κ2) is 13.3. The van der Waals surface area contributed by atoms with Crippen LogP contribution in [0.2, 0.25) is 13.1 Å². The molecule has 0 nitrogen and oxygen atoms in total. The Morgan fingerprint density at radius 2 is 1.44 bits per heavy atom. The standard InChI is InChI=1S/C39H41.C2H6Si.Zr/c1-8-13-26-23-33-29(25-14-10-9-11-15-25)16-12-17-32(33)36(26)37-34-24-27-22-28(38(2,3)4)18-19-30(27)31(34)20-21-35(37)39(5,6)7;1-3-2;/h9-12,14-24,36H,8,13H2,1-7H3;1-2H3;/q-1;;. The van der Waals surface area contributed by atoms with Gasteiger partial charge in [0, 0.05) is 41.6 Å². The minimum atomic E-state index is 0. The van der Waals surface area contributed by atoms with E-state index in [0.29, 0.717) is 0 Å². The molecule has 2 radical (unpaired) electrons. The third-order valence-electron chi connectivity index (χ3n) is 8.67. The summed E-state index contributed by atoms with van der Waals surface area (Å²) in [6, 6.07) is 32.3. The largest absolute Gasteiger partial charge is 0.126 e. The smallest absolute Gasteiger partial charge is 0.0307 e. The van der Waals surface area contributed by atoms with Gasteiger partial charge in [0.15, 0.2) is 0 Å². The summed E-state index contributed by atoms with van der Waals surface area (Å²) in [5.74, 6) is 0.278. The van der Waals surface area contributed by atoms with Crippen molar-refractivity contribution in [2.45, 2.75) is 91.1 Å². The molecule has 0 heterocycles. The van der Waals surface area contributed by atoms with E-state index in [4.69, 9.17) is 0 Å². The maximum atomic E-state index is 2.53. The second-order valence-electron chi connectivity index (χ2n) is 14.0. The third-order valence-corrected chi connectivity index (χ3v) is 8.67. The molecule has 0 saturated carbocycles. The van der Waals surface area contributed by atoms with Crippen molar-refractivity contribution in [3.63, 3.8) is 0 Å². The van der Waals surface area contributed by atoms with E-state index in [1.807, 2.05) is 0 Å². The number of hydrogen-bond donors (Lipinski definition) is 0. The van der Waals surface area contributed by atoms with E-state index in [9.17, 15) is 0 Å². The van der Waals surface area contributed by atoms with Gasteiger partial charge in [-0.25, -0.2) is 0 Å². The summed E-state index contributed by atoms with van der Waals surface area (Å²) in [4.78, 5) is 0. The van der Waals surface area contributed by atoms with Gasteiger partial charge in [-0.05, 0) is 39.5 Å². The summed E-state index contributed by atoms with van der Waals surface area (Å²) in [5.41, 5.74) is 11.6. The fourth-order valence-electron chi connectivity index (χ4n) is 6.72. The van der Waals surface area contributed by atoms with Crippen molar-refractivity contribution in [3.8, 4) is 11.1 Å². The van der Waals surface area contributed by atoms with E-state index < -0.39 is 0 Å². The molecule has 1 aliphatic rings. The third kappa shape index (κ3) is 6.53. The van der Waals surface area contributed by atoms with Crippen molar-refractivity contribution in [1.29, 1.82) is 0 Å². The Morgan fingerprint density at radius 1 is 0.767 bits per heavy atom. The van der Waals surface area contributed by atoms with E-state index in [1.165, 1.54) is 60.5 Å². The topological polar surface area (TPSA) is 0 Å². The predicted octanol–water partition coefficient (Wildman–Crippen LogP) is 12.1.